The highest BCUT2D eigenvalue weighted by molar-refractivity contribution is 5.27. The number of rotatable bonds is 2. The molecule has 1 rings (SSSR count). The summed E-state index contributed by atoms with van der Waals surface area (Å²) in [5.41, 5.74) is 1.32. The van der Waals surface area contributed by atoms with Crippen molar-refractivity contribution in [1.29, 1.82) is 0 Å². The van der Waals surface area contributed by atoms with Gasteiger partial charge in [0.2, 0.25) is 0 Å². The summed E-state index contributed by atoms with van der Waals surface area (Å²) < 4.78 is 25.2. The fourth-order valence-electron chi connectivity index (χ4n) is 1.08. The van der Waals surface area contributed by atoms with Crippen LogP contribution in [0.5, 0.6) is 0 Å². The molecule has 0 atom stereocenters. The van der Waals surface area contributed by atoms with Gasteiger partial charge in [-0.15, -0.1) is 0 Å². The zero-order chi connectivity index (χ0) is 9.14. The molecule has 0 spiro atoms. The van der Waals surface area contributed by atoms with Gasteiger partial charge < -0.3 is 5.11 Å². The van der Waals surface area contributed by atoms with Gasteiger partial charge in [0.15, 0.2) is 11.6 Å². The van der Waals surface area contributed by atoms with E-state index in [4.69, 9.17) is 5.11 Å². The van der Waals surface area contributed by atoms with Crippen LogP contribution in [0.25, 0.3) is 0 Å². The highest BCUT2D eigenvalue weighted by Gasteiger charge is 2.05. The third kappa shape index (κ3) is 1.80. The summed E-state index contributed by atoms with van der Waals surface area (Å²) in [4.78, 5) is 0. The van der Waals surface area contributed by atoms with Crippen molar-refractivity contribution in [3.05, 3.63) is 34.9 Å². The molecule has 0 saturated carbocycles. The fourth-order valence-corrected chi connectivity index (χ4v) is 1.08. The van der Waals surface area contributed by atoms with E-state index in [9.17, 15) is 8.78 Å². The Morgan fingerprint density at radius 2 is 1.83 bits per heavy atom. The van der Waals surface area contributed by atoms with E-state index in [1.54, 1.807) is 6.92 Å². The maximum Gasteiger partial charge on any atom is 0.159 e. The first-order valence-corrected chi connectivity index (χ1v) is 3.70. The highest BCUT2D eigenvalue weighted by atomic mass is 19.2. The summed E-state index contributed by atoms with van der Waals surface area (Å²) in [6, 6.07) is 2.27. The Kier molecular flexibility index (Phi) is 2.76. The Morgan fingerprint density at radius 3 is 2.42 bits per heavy atom. The molecule has 0 fully saturated rings. The smallest absolute Gasteiger partial charge is 0.159 e. The van der Waals surface area contributed by atoms with Gasteiger partial charge in [0.1, 0.15) is 0 Å². The molecular weight excluding hydrogens is 162 g/mol. The lowest BCUT2D eigenvalue weighted by atomic mass is 10.1. The van der Waals surface area contributed by atoms with Crippen molar-refractivity contribution in [1.82, 2.24) is 0 Å². The van der Waals surface area contributed by atoms with Crippen molar-refractivity contribution in [2.45, 2.75) is 13.3 Å². The second-order valence-electron chi connectivity index (χ2n) is 2.67. The predicted octanol–water partition coefficient (Wildman–Crippen LogP) is 1.81. The Bertz CT molecular complexity index is 284. The van der Waals surface area contributed by atoms with E-state index >= 15 is 0 Å². The van der Waals surface area contributed by atoms with E-state index in [-0.39, 0.29) is 6.61 Å². The van der Waals surface area contributed by atoms with Crippen molar-refractivity contribution >= 4 is 0 Å². The second-order valence-corrected chi connectivity index (χ2v) is 2.67. The molecule has 0 bridgehead atoms. The number of hydrogen-bond donors (Lipinski definition) is 1. The minimum Gasteiger partial charge on any atom is -0.396 e. The molecule has 0 aliphatic rings. The normalized spacial score (nSPS) is 10.3. The molecule has 66 valence electrons. The fraction of sp³-hybridized carbons (Fsp3) is 0.333. The van der Waals surface area contributed by atoms with Gasteiger partial charge in [0, 0.05) is 6.61 Å². The zero-order valence-electron chi connectivity index (χ0n) is 6.77. The van der Waals surface area contributed by atoms with Crippen molar-refractivity contribution in [2.24, 2.45) is 0 Å². The lowest BCUT2D eigenvalue weighted by Crippen LogP contribution is -1.97. The highest BCUT2D eigenvalue weighted by Crippen LogP contribution is 2.14. The van der Waals surface area contributed by atoms with Crippen LogP contribution in [0.3, 0.4) is 0 Å². The third-order valence-electron chi connectivity index (χ3n) is 1.76. The molecule has 0 radical (unpaired) electrons. The Morgan fingerprint density at radius 1 is 1.25 bits per heavy atom. The van der Waals surface area contributed by atoms with E-state index in [1.807, 2.05) is 0 Å². The predicted molar refractivity (Wildman–Crippen MR) is 41.9 cm³/mol. The van der Waals surface area contributed by atoms with Crippen molar-refractivity contribution < 1.29 is 13.9 Å². The van der Waals surface area contributed by atoms with Crippen LogP contribution in [0.15, 0.2) is 12.1 Å². The van der Waals surface area contributed by atoms with Crippen LogP contribution in [0.2, 0.25) is 0 Å². The van der Waals surface area contributed by atoms with E-state index in [2.05, 4.69) is 0 Å². The molecule has 0 aliphatic heterocycles. The average molecular weight is 172 g/mol. The first-order chi connectivity index (χ1) is 5.65. The van der Waals surface area contributed by atoms with E-state index in [1.165, 1.54) is 0 Å². The number of benzene rings is 1. The lowest BCUT2D eigenvalue weighted by molar-refractivity contribution is 0.299. The van der Waals surface area contributed by atoms with Crippen molar-refractivity contribution in [2.75, 3.05) is 6.61 Å². The summed E-state index contributed by atoms with van der Waals surface area (Å²) in [5, 5.41) is 8.59. The van der Waals surface area contributed by atoms with Crippen LogP contribution in [0, 0.1) is 18.6 Å². The van der Waals surface area contributed by atoms with Gasteiger partial charge in [-0.05, 0) is 36.6 Å². The largest absolute Gasteiger partial charge is 0.396 e. The third-order valence-corrected chi connectivity index (χ3v) is 1.76. The van der Waals surface area contributed by atoms with Gasteiger partial charge in [0.05, 0.1) is 0 Å². The first kappa shape index (κ1) is 9.13. The van der Waals surface area contributed by atoms with E-state index in [0.29, 0.717) is 17.5 Å². The van der Waals surface area contributed by atoms with E-state index < -0.39 is 11.6 Å². The standard InChI is InChI=1S/C9H10F2O/c1-6-4-8(10)9(11)5-7(6)2-3-12/h4-5,12H,2-3H2,1H3. The topological polar surface area (TPSA) is 20.2 Å². The van der Waals surface area contributed by atoms with Gasteiger partial charge in [-0.1, -0.05) is 0 Å². The molecule has 1 aromatic rings. The zero-order valence-corrected chi connectivity index (χ0v) is 6.77. The van der Waals surface area contributed by atoms with Gasteiger partial charge in [0.25, 0.3) is 0 Å². The minimum atomic E-state index is -0.857. The monoisotopic (exact) mass is 172 g/mol. The Balaban J connectivity index is 3.05. The molecule has 0 heterocycles. The summed E-state index contributed by atoms with van der Waals surface area (Å²) in [5.74, 6) is -1.70. The first-order valence-electron chi connectivity index (χ1n) is 3.70. The maximum atomic E-state index is 12.6. The number of hydrogen-bond acceptors (Lipinski definition) is 1. The molecule has 12 heavy (non-hydrogen) atoms. The average Bonchev–Trinajstić information content (AvgIpc) is 2.01. The number of aryl methyl sites for hydroxylation is 1. The Labute approximate surface area is 69.7 Å². The van der Waals surface area contributed by atoms with Gasteiger partial charge in [-0.25, -0.2) is 8.78 Å². The number of aliphatic hydroxyl groups is 1. The minimum absolute atomic E-state index is 0.0497. The van der Waals surface area contributed by atoms with E-state index in [0.717, 1.165) is 12.1 Å². The summed E-state index contributed by atoms with van der Waals surface area (Å²) in [7, 11) is 0. The molecule has 0 amide bonds. The van der Waals surface area contributed by atoms with Crippen molar-refractivity contribution in [3.8, 4) is 0 Å². The van der Waals surface area contributed by atoms with Crippen LogP contribution >= 0.6 is 0 Å². The number of aliphatic hydroxyl groups excluding tert-OH is 1. The summed E-state index contributed by atoms with van der Waals surface area (Å²) in [6.07, 6.45) is 0.364. The number of halogens is 2. The SMILES string of the molecule is Cc1cc(F)c(F)cc1CCO. The maximum absolute atomic E-state index is 12.6. The molecule has 0 unspecified atom stereocenters. The van der Waals surface area contributed by atoms with Crippen LogP contribution in [-0.2, 0) is 6.42 Å². The van der Waals surface area contributed by atoms with Gasteiger partial charge in [-0.2, -0.15) is 0 Å². The van der Waals surface area contributed by atoms with Crippen LogP contribution in [-0.4, -0.2) is 11.7 Å². The Hall–Kier alpha value is -0.960. The quantitative estimate of drug-likeness (QED) is 0.721. The van der Waals surface area contributed by atoms with Crippen LogP contribution in [0.1, 0.15) is 11.1 Å². The van der Waals surface area contributed by atoms with Crippen molar-refractivity contribution in [3.63, 3.8) is 0 Å². The van der Waals surface area contributed by atoms with Crippen LogP contribution in [0.4, 0.5) is 8.78 Å². The second kappa shape index (κ2) is 3.63. The molecule has 1 aromatic carbocycles. The summed E-state index contributed by atoms with van der Waals surface area (Å²) >= 11 is 0. The molecule has 1 nitrogen and oxygen atoms in total. The summed E-state index contributed by atoms with van der Waals surface area (Å²) in [6.45, 7) is 1.64. The lowest BCUT2D eigenvalue weighted by Gasteiger charge is -2.03. The molecule has 0 aromatic heterocycles. The molecule has 3 heteroatoms. The molecule has 1 N–H and O–H groups in total. The molecular formula is C9H10F2O. The molecule has 0 aliphatic carbocycles. The van der Waals surface area contributed by atoms with Crippen LogP contribution < -0.4 is 0 Å². The van der Waals surface area contributed by atoms with Gasteiger partial charge >= 0.3 is 0 Å². The van der Waals surface area contributed by atoms with Gasteiger partial charge in [-0.3, -0.25) is 0 Å². The molecule has 0 saturated heterocycles.